The Morgan fingerprint density at radius 1 is 1.28 bits per heavy atom. The molecule has 1 aliphatic rings. The van der Waals surface area contributed by atoms with Crippen molar-refractivity contribution in [3.8, 4) is 0 Å². The van der Waals surface area contributed by atoms with Gasteiger partial charge < -0.3 is 10.2 Å². The standard InChI is InChI=1S/C12H13F3N2O/c13-12(14,15)10-3-1-9(2-4-10)11-7-16-5-6-17(11)8-18/h1-4,8,11,16H,5-7H2/t11-/m0/s1. The van der Waals surface area contributed by atoms with Crippen LogP contribution in [0.4, 0.5) is 13.2 Å². The van der Waals surface area contributed by atoms with E-state index in [1.807, 2.05) is 0 Å². The predicted octanol–water partition coefficient (Wildman–Crippen LogP) is 1.81. The van der Waals surface area contributed by atoms with Crippen LogP contribution in [0.25, 0.3) is 0 Å². The zero-order chi connectivity index (χ0) is 13.2. The average molecular weight is 258 g/mol. The van der Waals surface area contributed by atoms with Crippen LogP contribution >= 0.6 is 0 Å². The number of carbonyl (C=O) groups excluding carboxylic acids is 1. The first-order chi connectivity index (χ1) is 8.52. The Kier molecular flexibility index (Phi) is 3.56. The fraction of sp³-hybridized carbons (Fsp3) is 0.417. The molecule has 1 fully saturated rings. The summed E-state index contributed by atoms with van der Waals surface area (Å²) in [6.45, 7) is 1.83. The monoisotopic (exact) mass is 258 g/mol. The summed E-state index contributed by atoms with van der Waals surface area (Å²) in [6.07, 6.45) is -3.59. The SMILES string of the molecule is O=CN1CCNC[C@H]1c1ccc(C(F)(F)F)cc1. The predicted molar refractivity (Wildman–Crippen MR) is 59.8 cm³/mol. The Bertz CT molecular complexity index is 416. The third-order valence-electron chi connectivity index (χ3n) is 3.04. The number of alkyl halides is 3. The summed E-state index contributed by atoms with van der Waals surface area (Å²) in [5.41, 5.74) is 0.0370. The first kappa shape index (κ1) is 12.9. The van der Waals surface area contributed by atoms with Crippen LogP contribution in [0, 0.1) is 0 Å². The molecule has 98 valence electrons. The first-order valence-corrected chi connectivity index (χ1v) is 5.61. The van der Waals surface area contributed by atoms with Crippen LogP contribution in [0.1, 0.15) is 17.2 Å². The Hall–Kier alpha value is -1.56. The number of rotatable bonds is 2. The summed E-state index contributed by atoms with van der Waals surface area (Å²) in [6, 6.07) is 4.76. The van der Waals surface area contributed by atoms with Gasteiger partial charge in [-0.15, -0.1) is 0 Å². The van der Waals surface area contributed by atoms with Crippen molar-refractivity contribution in [3.63, 3.8) is 0 Å². The van der Waals surface area contributed by atoms with Crippen LogP contribution in [-0.4, -0.2) is 30.9 Å². The van der Waals surface area contributed by atoms with Gasteiger partial charge in [0.1, 0.15) is 0 Å². The topological polar surface area (TPSA) is 32.3 Å². The Labute approximate surface area is 103 Å². The maximum atomic E-state index is 12.4. The number of amides is 1. The van der Waals surface area contributed by atoms with Gasteiger partial charge >= 0.3 is 6.18 Å². The van der Waals surface area contributed by atoms with E-state index in [0.29, 0.717) is 25.2 Å². The average Bonchev–Trinajstić information content (AvgIpc) is 2.38. The number of hydrogen-bond donors (Lipinski definition) is 1. The number of nitrogens with zero attached hydrogens (tertiary/aromatic N) is 1. The second kappa shape index (κ2) is 4.97. The molecule has 0 spiro atoms. The van der Waals surface area contributed by atoms with Crippen LogP contribution in [0.2, 0.25) is 0 Å². The van der Waals surface area contributed by atoms with Crippen LogP contribution in [0.3, 0.4) is 0 Å². The summed E-state index contributed by atoms with van der Waals surface area (Å²) < 4.78 is 37.3. The summed E-state index contributed by atoms with van der Waals surface area (Å²) in [5.74, 6) is 0. The molecule has 2 rings (SSSR count). The number of carbonyl (C=O) groups is 1. The van der Waals surface area contributed by atoms with Gasteiger partial charge in [0.15, 0.2) is 0 Å². The molecule has 0 aliphatic carbocycles. The molecule has 0 saturated carbocycles. The van der Waals surface area contributed by atoms with Crippen molar-refractivity contribution in [3.05, 3.63) is 35.4 Å². The quantitative estimate of drug-likeness (QED) is 0.820. The number of benzene rings is 1. The molecule has 1 aromatic carbocycles. The van der Waals surface area contributed by atoms with Crippen molar-refractivity contribution in [1.82, 2.24) is 10.2 Å². The molecular weight excluding hydrogens is 245 g/mol. The van der Waals surface area contributed by atoms with E-state index in [1.54, 1.807) is 4.90 Å². The molecule has 0 aromatic heterocycles. The molecule has 1 aliphatic heterocycles. The van der Waals surface area contributed by atoms with E-state index >= 15 is 0 Å². The molecule has 1 amide bonds. The highest BCUT2D eigenvalue weighted by molar-refractivity contribution is 5.49. The molecule has 1 heterocycles. The van der Waals surface area contributed by atoms with Gasteiger partial charge in [-0.05, 0) is 17.7 Å². The van der Waals surface area contributed by atoms with E-state index in [-0.39, 0.29) is 6.04 Å². The largest absolute Gasteiger partial charge is 0.416 e. The number of nitrogens with one attached hydrogen (secondary N) is 1. The maximum absolute atomic E-state index is 12.4. The van der Waals surface area contributed by atoms with Gasteiger partial charge in [0.25, 0.3) is 0 Å². The van der Waals surface area contributed by atoms with Crippen molar-refractivity contribution < 1.29 is 18.0 Å². The van der Waals surface area contributed by atoms with Gasteiger partial charge in [0, 0.05) is 19.6 Å². The van der Waals surface area contributed by atoms with E-state index in [2.05, 4.69) is 5.32 Å². The molecule has 0 bridgehead atoms. The molecule has 1 N–H and O–H groups in total. The third-order valence-corrected chi connectivity index (χ3v) is 3.04. The second-order valence-corrected chi connectivity index (χ2v) is 4.18. The fourth-order valence-electron chi connectivity index (χ4n) is 2.05. The highest BCUT2D eigenvalue weighted by Crippen LogP contribution is 2.30. The minimum absolute atomic E-state index is 0.196. The van der Waals surface area contributed by atoms with Crippen molar-refractivity contribution in [2.75, 3.05) is 19.6 Å². The second-order valence-electron chi connectivity index (χ2n) is 4.18. The lowest BCUT2D eigenvalue weighted by molar-refractivity contribution is -0.137. The van der Waals surface area contributed by atoms with Gasteiger partial charge in [0.05, 0.1) is 11.6 Å². The van der Waals surface area contributed by atoms with E-state index in [1.165, 1.54) is 12.1 Å². The van der Waals surface area contributed by atoms with Crippen molar-refractivity contribution in [2.24, 2.45) is 0 Å². The Morgan fingerprint density at radius 2 is 1.94 bits per heavy atom. The van der Waals surface area contributed by atoms with E-state index < -0.39 is 11.7 Å². The lowest BCUT2D eigenvalue weighted by Crippen LogP contribution is -2.45. The van der Waals surface area contributed by atoms with Crippen LogP contribution in [0.15, 0.2) is 24.3 Å². The highest BCUT2D eigenvalue weighted by Gasteiger charge is 2.30. The molecule has 0 unspecified atom stereocenters. The molecule has 3 nitrogen and oxygen atoms in total. The number of hydrogen-bond acceptors (Lipinski definition) is 2. The molecule has 1 aromatic rings. The smallest absolute Gasteiger partial charge is 0.336 e. The molecule has 1 atom stereocenters. The Balaban J connectivity index is 2.20. The number of halogens is 3. The van der Waals surface area contributed by atoms with Gasteiger partial charge in [-0.25, -0.2) is 0 Å². The maximum Gasteiger partial charge on any atom is 0.416 e. The lowest BCUT2D eigenvalue weighted by atomic mass is 10.0. The molecular formula is C12H13F3N2O. The lowest BCUT2D eigenvalue weighted by Gasteiger charge is -2.33. The van der Waals surface area contributed by atoms with Crippen molar-refractivity contribution in [1.29, 1.82) is 0 Å². The summed E-state index contributed by atoms with van der Waals surface area (Å²) in [4.78, 5) is 12.5. The summed E-state index contributed by atoms with van der Waals surface area (Å²) >= 11 is 0. The normalized spacial score (nSPS) is 20.8. The van der Waals surface area contributed by atoms with Crippen LogP contribution in [0.5, 0.6) is 0 Å². The Morgan fingerprint density at radius 3 is 2.50 bits per heavy atom. The molecule has 6 heteroatoms. The van der Waals surface area contributed by atoms with Gasteiger partial charge in [0.2, 0.25) is 6.41 Å². The zero-order valence-corrected chi connectivity index (χ0v) is 9.57. The summed E-state index contributed by atoms with van der Waals surface area (Å²) in [5, 5.41) is 3.12. The third kappa shape index (κ3) is 2.64. The van der Waals surface area contributed by atoms with E-state index in [4.69, 9.17) is 0 Å². The van der Waals surface area contributed by atoms with Gasteiger partial charge in [-0.1, -0.05) is 12.1 Å². The van der Waals surface area contributed by atoms with Gasteiger partial charge in [-0.2, -0.15) is 13.2 Å². The van der Waals surface area contributed by atoms with Crippen LogP contribution in [-0.2, 0) is 11.0 Å². The molecule has 18 heavy (non-hydrogen) atoms. The van der Waals surface area contributed by atoms with Crippen molar-refractivity contribution in [2.45, 2.75) is 12.2 Å². The molecule has 1 saturated heterocycles. The first-order valence-electron chi connectivity index (χ1n) is 5.61. The zero-order valence-electron chi connectivity index (χ0n) is 9.57. The van der Waals surface area contributed by atoms with E-state index in [0.717, 1.165) is 18.5 Å². The van der Waals surface area contributed by atoms with Crippen LogP contribution < -0.4 is 5.32 Å². The van der Waals surface area contributed by atoms with E-state index in [9.17, 15) is 18.0 Å². The van der Waals surface area contributed by atoms with Crippen molar-refractivity contribution >= 4 is 6.41 Å². The fourth-order valence-corrected chi connectivity index (χ4v) is 2.05. The minimum Gasteiger partial charge on any atom is -0.336 e. The molecule has 0 radical (unpaired) electrons. The minimum atomic E-state index is -4.33. The summed E-state index contributed by atoms with van der Waals surface area (Å²) in [7, 11) is 0. The highest BCUT2D eigenvalue weighted by atomic mass is 19.4. The number of piperazine rings is 1. The van der Waals surface area contributed by atoms with Gasteiger partial charge in [-0.3, -0.25) is 4.79 Å².